The Labute approximate surface area is 161 Å². The molecular weight excluding hydrogens is 352 g/mol. The van der Waals surface area contributed by atoms with Crippen molar-refractivity contribution in [3.05, 3.63) is 22.7 Å². The molecule has 0 radical (unpaired) electrons. The number of aliphatic hydroxyl groups excluding tert-OH is 1. The van der Waals surface area contributed by atoms with Gasteiger partial charge in [-0.05, 0) is 30.9 Å². The monoisotopic (exact) mass is 382 g/mol. The smallest absolute Gasteiger partial charge is 0.160 e. The molecule has 1 atom stereocenters. The van der Waals surface area contributed by atoms with Crippen molar-refractivity contribution >= 4 is 11.6 Å². The van der Waals surface area contributed by atoms with Crippen molar-refractivity contribution in [3.8, 4) is 11.5 Å². The normalized spacial score (nSPS) is 23.3. The Bertz CT molecular complexity index is 593. The summed E-state index contributed by atoms with van der Waals surface area (Å²) in [6, 6.07) is 4.46. The molecule has 26 heavy (non-hydrogen) atoms. The van der Waals surface area contributed by atoms with E-state index in [1.165, 1.54) is 32.1 Å². The average Bonchev–Trinajstić information content (AvgIpc) is 2.65. The Morgan fingerprint density at radius 3 is 2.65 bits per heavy atom. The average molecular weight is 383 g/mol. The molecule has 6 heteroatoms. The molecule has 2 N–H and O–H groups in total. The molecule has 1 heterocycles. The zero-order chi connectivity index (χ0) is 18.5. The fourth-order valence-electron chi connectivity index (χ4n) is 4.49. The minimum Gasteiger partial charge on any atom is -0.504 e. The van der Waals surface area contributed by atoms with Crippen molar-refractivity contribution in [1.82, 2.24) is 9.80 Å². The third kappa shape index (κ3) is 4.63. The first kappa shape index (κ1) is 19.7. The SMILES string of the molecule is COc1cc(CN2CCN(C3CCCCC3)[C@@H](CCO)C2)c(Cl)cc1O. The van der Waals surface area contributed by atoms with Crippen LogP contribution in [-0.4, -0.2) is 65.4 Å². The van der Waals surface area contributed by atoms with Gasteiger partial charge < -0.3 is 14.9 Å². The van der Waals surface area contributed by atoms with Gasteiger partial charge in [0.2, 0.25) is 0 Å². The number of methoxy groups -OCH3 is 1. The predicted molar refractivity (Wildman–Crippen MR) is 104 cm³/mol. The molecule has 3 rings (SSSR count). The lowest BCUT2D eigenvalue weighted by molar-refractivity contribution is 0.0136. The summed E-state index contributed by atoms with van der Waals surface area (Å²) in [4.78, 5) is 5.04. The highest BCUT2D eigenvalue weighted by atomic mass is 35.5. The molecule has 0 aromatic heterocycles. The highest BCUT2D eigenvalue weighted by Crippen LogP contribution is 2.33. The molecule has 2 aliphatic rings. The number of phenols is 1. The van der Waals surface area contributed by atoms with Gasteiger partial charge >= 0.3 is 0 Å². The largest absolute Gasteiger partial charge is 0.504 e. The molecule has 0 amide bonds. The van der Waals surface area contributed by atoms with Gasteiger partial charge in [0.05, 0.1) is 7.11 Å². The maximum Gasteiger partial charge on any atom is 0.160 e. The molecule has 0 spiro atoms. The third-order valence-electron chi connectivity index (χ3n) is 5.86. The molecule has 1 aliphatic carbocycles. The van der Waals surface area contributed by atoms with Crippen LogP contribution in [0.4, 0.5) is 0 Å². The molecule has 1 aromatic rings. The molecule has 2 fully saturated rings. The van der Waals surface area contributed by atoms with Crippen molar-refractivity contribution in [2.24, 2.45) is 0 Å². The van der Waals surface area contributed by atoms with Crippen LogP contribution in [0.25, 0.3) is 0 Å². The third-order valence-corrected chi connectivity index (χ3v) is 6.21. The summed E-state index contributed by atoms with van der Waals surface area (Å²) in [6.07, 6.45) is 7.44. The fraction of sp³-hybridized carbons (Fsp3) is 0.700. The van der Waals surface area contributed by atoms with Gasteiger partial charge in [-0.15, -0.1) is 0 Å². The van der Waals surface area contributed by atoms with Gasteiger partial charge in [0.1, 0.15) is 0 Å². The zero-order valence-electron chi connectivity index (χ0n) is 15.7. The van der Waals surface area contributed by atoms with Crippen molar-refractivity contribution in [2.75, 3.05) is 33.4 Å². The number of ether oxygens (including phenoxy) is 1. The topological polar surface area (TPSA) is 56.2 Å². The van der Waals surface area contributed by atoms with Gasteiger partial charge in [0.15, 0.2) is 11.5 Å². The zero-order valence-corrected chi connectivity index (χ0v) is 16.4. The number of nitrogens with zero attached hydrogens (tertiary/aromatic N) is 2. The molecule has 1 saturated carbocycles. The Kier molecular flexibility index (Phi) is 7.04. The van der Waals surface area contributed by atoms with Crippen molar-refractivity contribution in [2.45, 2.75) is 57.2 Å². The van der Waals surface area contributed by atoms with Gasteiger partial charge in [0.25, 0.3) is 0 Å². The minimum absolute atomic E-state index is 0.0709. The summed E-state index contributed by atoms with van der Waals surface area (Å²) in [5.74, 6) is 0.527. The Morgan fingerprint density at radius 1 is 1.19 bits per heavy atom. The van der Waals surface area contributed by atoms with Crippen molar-refractivity contribution in [1.29, 1.82) is 0 Å². The summed E-state index contributed by atoms with van der Waals surface area (Å²) >= 11 is 6.33. The summed E-state index contributed by atoms with van der Waals surface area (Å²) < 4.78 is 5.22. The van der Waals surface area contributed by atoms with Crippen LogP contribution in [-0.2, 0) is 6.54 Å². The van der Waals surface area contributed by atoms with Crippen LogP contribution >= 0.6 is 11.6 Å². The number of halogens is 1. The summed E-state index contributed by atoms with van der Waals surface area (Å²) in [5, 5.41) is 20.0. The number of rotatable bonds is 6. The van der Waals surface area contributed by atoms with E-state index in [2.05, 4.69) is 9.80 Å². The van der Waals surface area contributed by atoms with Gasteiger partial charge in [-0.1, -0.05) is 30.9 Å². The van der Waals surface area contributed by atoms with E-state index in [0.29, 0.717) is 22.9 Å². The number of aromatic hydroxyl groups is 1. The molecular formula is C20H31ClN2O3. The number of phenolic OH excluding ortho intramolecular Hbond substituents is 1. The van der Waals surface area contributed by atoms with Crippen LogP contribution in [0.15, 0.2) is 12.1 Å². The Balaban J connectivity index is 1.67. The van der Waals surface area contributed by atoms with E-state index >= 15 is 0 Å². The van der Waals surface area contributed by atoms with E-state index in [-0.39, 0.29) is 12.4 Å². The van der Waals surface area contributed by atoms with Gasteiger partial charge in [-0.2, -0.15) is 0 Å². The van der Waals surface area contributed by atoms with Crippen molar-refractivity contribution in [3.63, 3.8) is 0 Å². The second kappa shape index (κ2) is 9.27. The minimum atomic E-state index is 0.0709. The first-order valence-corrected chi connectivity index (χ1v) is 10.1. The van der Waals surface area contributed by atoms with E-state index in [0.717, 1.165) is 38.2 Å². The molecule has 1 aromatic carbocycles. The number of piperazine rings is 1. The quantitative estimate of drug-likeness (QED) is 0.790. The maximum absolute atomic E-state index is 9.86. The molecule has 0 unspecified atom stereocenters. The number of benzene rings is 1. The van der Waals surface area contributed by atoms with E-state index in [1.807, 2.05) is 6.07 Å². The van der Waals surface area contributed by atoms with Crippen LogP contribution < -0.4 is 4.74 Å². The van der Waals surface area contributed by atoms with Gasteiger partial charge in [0, 0.05) is 56.0 Å². The first-order valence-electron chi connectivity index (χ1n) is 9.76. The highest BCUT2D eigenvalue weighted by molar-refractivity contribution is 6.31. The highest BCUT2D eigenvalue weighted by Gasteiger charge is 2.32. The predicted octanol–water partition coefficient (Wildman–Crippen LogP) is 3.26. The molecule has 5 nitrogen and oxygen atoms in total. The lowest BCUT2D eigenvalue weighted by Crippen LogP contribution is -2.56. The molecule has 0 bridgehead atoms. The number of hydrogen-bond donors (Lipinski definition) is 2. The number of hydrogen-bond acceptors (Lipinski definition) is 5. The standard InChI is InChI=1S/C20H31ClN2O3/c1-26-20-11-15(18(21)12-19(20)25)13-22-8-9-23(17(14-22)7-10-24)16-5-3-2-4-6-16/h11-12,16-17,24-25H,2-10,13-14H2,1H3/t17-/m0/s1. The van der Waals surface area contributed by atoms with E-state index in [9.17, 15) is 10.2 Å². The van der Waals surface area contributed by atoms with Gasteiger partial charge in [-0.3, -0.25) is 9.80 Å². The van der Waals surface area contributed by atoms with E-state index in [4.69, 9.17) is 16.3 Å². The lowest BCUT2D eigenvalue weighted by Gasteiger charge is -2.46. The van der Waals surface area contributed by atoms with Crippen LogP contribution in [0, 0.1) is 0 Å². The molecule has 146 valence electrons. The maximum atomic E-state index is 9.86. The summed E-state index contributed by atoms with van der Waals surface area (Å²) in [5.41, 5.74) is 0.968. The summed E-state index contributed by atoms with van der Waals surface area (Å²) in [6.45, 7) is 3.95. The first-order chi connectivity index (χ1) is 12.6. The Hall–Kier alpha value is -1.01. The summed E-state index contributed by atoms with van der Waals surface area (Å²) in [7, 11) is 1.55. The van der Waals surface area contributed by atoms with Crippen LogP contribution in [0.3, 0.4) is 0 Å². The van der Waals surface area contributed by atoms with Crippen LogP contribution in [0.5, 0.6) is 11.5 Å². The number of aliphatic hydroxyl groups is 1. The van der Waals surface area contributed by atoms with Crippen molar-refractivity contribution < 1.29 is 14.9 Å². The van der Waals surface area contributed by atoms with Gasteiger partial charge in [-0.25, -0.2) is 0 Å². The molecule has 1 saturated heterocycles. The second-order valence-corrected chi connectivity index (χ2v) is 7.95. The molecule has 1 aliphatic heterocycles. The second-order valence-electron chi connectivity index (χ2n) is 7.55. The van der Waals surface area contributed by atoms with Crippen LogP contribution in [0.1, 0.15) is 44.1 Å². The fourth-order valence-corrected chi connectivity index (χ4v) is 4.71. The Morgan fingerprint density at radius 2 is 1.96 bits per heavy atom. The van der Waals surface area contributed by atoms with E-state index in [1.54, 1.807) is 13.2 Å². The lowest BCUT2D eigenvalue weighted by atomic mass is 9.91. The van der Waals surface area contributed by atoms with E-state index < -0.39 is 0 Å². The van der Waals surface area contributed by atoms with Crippen LogP contribution in [0.2, 0.25) is 5.02 Å².